The largest absolute Gasteiger partial charge is 0.493 e. The van der Waals surface area contributed by atoms with Crippen molar-refractivity contribution in [1.82, 2.24) is 14.5 Å². The molecule has 7 nitrogen and oxygen atoms in total. The molecular formula is C22H25N3O4S. The van der Waals surface area contributed by atoms with Crippen LogP contribution in [0.3, 0.4) is 0 Å². The number of methoxy groups -OCH3 is 2. The van der Waals surface area contributed by atoms with Crippen LogP contribution in [-0.4, -0.2) is 47.7 Å². The molecule has 0 aliphatic carbocycles. The summed E-state index contributed by atoms with van der Waals surface area (Å²) in [5.74, 6) is 1.19. The van der Waals surface area contributed by atoms with Crippen LogP contribution < -0.4 is 15.0 Å². The van der Waals surface area contributed by atoms with Gasteiger partial charge in [-0.25, -0.2) is 4.98 Å². The van der Waals surface area contributed by atoms with E-state index in [1.165, 1.54) is 22.2 Å². The van der Waals surface area contributed by atoms with E-state index in [-0.39, 0.29) is 18.0 Å². The molecule has 2 aromatic heterocycles. The first-order valence-electron chi connectivity index (χ1n) is 10.1. The van der Waals surface area contributed by atoms with E-state index in [1.54, 1.807) is 14.2 Å². The molecule has 158 valence electrons. The summed E-state index contributed by atoms with van der Waals surface area (Å²) >= 11 is 1.41. The fraction of sp³-hybridized carbons (Fsp3) is 0.409. The number of hydrogen-bond acceptors (Lipinski definition) is 6. The van der Waals surface area contributed by atoms with Gasteiger partial charge in [0.05, 0.1) is 25.9 Å². The lowest BCUT2D eigenvalue weighted by molar-refractivity contribution is -0.131. The summed E-state index contributed by atoms with van der Waals surface area (Å²) in [6.07, 6.45) is 5.83. The van der Waals surface area contributed by atoms with Gasteiger partial charge >= 0.3 is 0 Å². The third-order valence-corrected chi connectivity index (χ3v) is 6.41. The van der Waals surface area contributed by atoms with Gasteiger partial charge in [-0.05, 0) is 30.5 Å². The van der Waals surface area contributed by atoms with Gasteiger partial charge in [-0.15, -0.1) is 11.3 Å². The van der Waals surface area contributed by atoms with Gasteiger partial charge in [-0.1, -0.05) is 18.9 Å². The predicted molar refractivity (Wildman–Crippen MR) is 117 cm³/mol. The number of rotatable bonds is 5. The molecule has 0 saturated carbocycles. The van der Waals surface area contributed by atoms with E-state index in [9.17, 15) is 9.59 Å². The molecule has 1 amide bonds. The first kappa shape index (κ1) is 20.4. The number of likely N-dealkylation sites (tertiary alicyclic amines) is 1. The van der Waals surface area contributed by atoms with E-state index >= 15 is 0 Å². The van der Waals surface area contributed by atoms with E-state index < -0.39 is 0 Å². The minimum absolute atomic E-state index is 0.0169. The van der Waals surface area contributed by atoms with Crippen LogP contribution >= 0.6 is 11.3 Å². The fourth-order valence-electron chi connectivity index (χ4n) is 3.86. The van der Waals surface area contributed by atoms with Crippen LogP contribution in [0.25, 0.3) is 21.3 Å². The van der Waals surface area contributed by atoms with Crippen molar-refractivity contribution < 1.29 is 14.3 Å². The molecule has 0 radical (unpaired) electrons. The van der Waals surface area contributed by atoms with Crippen molar-refractivity contribution in [3.8, 4) is 22.6 Å². The molecule has 30 heavy (non-hydrogen) atoms. The van der Waals surface area contributed by atoms with Crippen molar-refractivity contribution in [3.63, 3.8) is 0 Å². The van der Waals surface area contributed by atoms with Crippen molar-refractivity contribution in [2.24, 2.45) is 0 Å². The summed E-state index contributed by atoms with van der Waals surface area (Å²) in [5, 5.41) is 2.44. The van der Waals surface area contributed by atoms with Crippen LogP contribution in [0.5, 0.6) is 11.5 Å². The molecule has 1 saturated heterocycles. The lowest BCUT2D eigenvalue weighted by atomic mass is 10.1. The zero-order valence-electron chi connectivity index (χ0n) is 17.2. The molecular weight excluding hydrogens is 402 g/mol. The number of ether oxygens (including phenoxy) is 2. The second kappa shape index (κ2) is 8.87. The van der Waals surface area contributed by atoms with E-state index in [0.29, 0.717) is 21.7 Å². The molecule has 0 atom stereocenters. The zero-order chi connectivity index (χ0) is 21.1. The van der Waals surface area contributed by atoms with Crippen molar-refractivity contribution in [3.05, 3.63) is 40.3 Å². The molecule has 3 heterocycles. The van der Waals surface area contributed by atoms with E-state index in [0.717, 1.165) is 49.9 Å². The first-order chi connectivity index (χ1) is 14.6. The number of fused-ring (bicyclic) bond motifs is 1. The number of hydrogen-bond donors (Lipinski definition) is 0. The van der Waals surface area contributed by atoms with Gasteiger partial charge in [0.2, 0.25) is 5.91 Å². The average molecular weight is 428 g/mol. The summed E-state index contributed by atoms with van der Waals surface area (Å²) < 4.78 is 12.1. The van der Waals surface area contributed by atoms with Crippen molar-refractivity contribution in [2.75, 3.05) is 27.3 Å². The number of thiophene rings is 1. The summed E-state index contributed by atoms with van der Waals surface area (Å²) in [5.41, 5.74) is 1.42. The van der Waals surface area contributed by atoms with Gasteiger partial charge in [0, 0.05) is 24.0 Å². The maximum Gasteiger partial charge on any atom is 0.263 e. The normalized spacial score (nSPS) is 14.5. The standard InChI is InChI=1S/C22H25N3O4S/c1-28-17-8-7-15(11-18(17)29-2)16-13-30-21-20(16)22(27)25(14-23-21)12-19(26)24-9-5-3-4-6-10-24/h7-8,11,13-14H,3-6,9-10,12H2,1-2H3. The summed E-state index contributed by atoms with van der Waals surface area (Å²) in [7, 11) is 3.16. The van der Waals surface area contributed by atoms with Crippen LogP contribution in [0, 0.1) is 0 Å². The van der Waals surface area contributed by atoms with Crippen LogP contribution in [0.2, 0.25) is 0 Å². The van der Waals surface area contributed by atoms with Gasteiger partial charge in [0.1, 0.15) is 11.4 Å². The Morgan fingerprint density at radius 3 is 2.53 bits per heavy atom. The fourth-order valence-corrected chi connectivity index (χ4v) is 4.77. The van der Waals surface area contributed by atoms with Gasteiger partial charge in [-0.2, -0.15) is 0 Å². The van der Waals surface area contributed by atoms with E-state index in [2.05, 4.69) is 4.98 Å². The molecule has 1 aliphatic rings. The Morgan fingerprint density at radius 1 is 1.10 bits per heavy atom. The van der Waals surface area contributed by atoms with Crippen LogP contribution in [0.15, 0.2) is 34.7 Å². The highest BCUT2D eigenvalue weighted by molar-refractivity contribution is 7.17. The molecule has 0 unspecified atom stereocenters. The van der Waals surface area contributed by atoms with Gasteiger partial charge in [0.25, 0.3) is 5.56 Å². The monoisotopic (exact) mass is 427 g/mol. The SMILES string of the molecule is COc1ccc(-c2csc3ncn(CC(=O)N4CCCCCC4)c(=O)c23)cc1OC. The lowest BCUT2D eigenvalue weighted by Gasteiger charge is -2.20. The second-order valence-electron chi connectivity index (χ2n) is 7.37. The molecule has 8 heteroatoms. The van der Waals surface area contributed by atoms with E-state index in [4.69, 9.17) is 9.47 Å². The molecule has 0 N–H and O–H groups in total. The third-order valence-electron chi connectivity index (χ3n) is 5.52. The summed E-state index contributed by atoms with van der Waals surface area (Å²) in [6.45, 7) is 1.54. The van der Waals surface area contributed by atoms with E-state index in [1.807, 2.05) is 28.5 Å². The Hall–Kier alpha value is -2.87. The van der Waals surface area contributed by atoms with Crippen molar-refractivity contribution in [2.45, 2.75) is 32.2 Å². The Labute approximate surface area is 178 Å². The second-order valence-corrected chi connectivity index (χ2v) is 8.23. The molecule has 0 bridgehead atoms. The molecule has 1 fully saturated rings. The number of carbonyl (C=O) groups excluding carboxylic acids is 1. The van der Waals surface area contributed by atoms with Gasteiger partial charge in [-0.3, -0.25) is 14.2 Å². The van der Waals surface area contributed by atoms with Crippen molar-refractivity contribution in [1.29, 1.82) is 0 Å². The topological polar surface area (TPSA) is 73.7 Å². The number of nitrogens with zero attached hydrogens (tertiary/aromatic N) is 3. The predicted octanol–water partition coefficient (Wildman–Crippen LogP) is 3.54. The van der Waals surface area contributed by atoms with Gasteiger partial charge < -0.3 is 14.4 Å². The third kappa shape index (κ3) is 3.92. The highest BCUT2D eigenvalue weighted by atomic mass is 32.1. The number of carbonyl (C=O) groups is 1. The first-order valence-corrected chi connectivity index (χ1v) is 11.0. The van der Waals surface area contributed by atoms with Crippen molar-refractivity contribution >= 4 is 27.5 Å². The molecule has 1 aliphatic heterocycles. The summed E-state index contributed by atoms with van der Waals surface area (Å²) in [4.78, 5) is 33.0. The maximum absolute atomic E-state index is 13.3. The van der Waals surface area contributed by atoms with Gasteiger partial charge in [0.15, 0.2) is 11.5 Å². The minimum Gasteiger partial charge on any atom is -0.493 e. The average Bonchev–Trinajstić information content (AvgIpc) is 3.01. The highest BCUT2D eigenvalue weighted by Crippen LogP contribution is 2.36. The number of amides is 1. The Kier molecular flexibility index (Phi) is 6.03. The maximum atomic E-state index is 13.3. The molecule has 3 aromatic rings. The molecule has 4 rings (SSSR count). The zero-order valence-corrected chi connectivity index (χ0v) is 18.0. The van der Waals surface area contributed by atoms with Crippen LogP contribution in [-0.2, 0) is 11.3 Å². The summed E-state index contributed by atoms with van der Waals surface area (Å²) in [6, 6.07) is 5.55. The Balaban J connectivity index is 1.69. The smallest absolute Gasteiger partial charge is 0.263 e. The lowest BCUT2D eigenvalue weighted by Crippen LogP contribution is -2.37. The molecule has 1 aromatic carbocycles. The number of aromatic nitrogens is 2. The van der Waals surface area contributed by atoms with Crippen LogP contribution in [0.1, 0.15) is 25.7 Å². The highest BCUT2D eigenvalue weighted by Gasteiger charge is 2.19. The molecule has 0 spiro atoms. The minimum atomic E-state index is -0.200. The van der Waals surface area contributed by atoms with Crippen LogP contribution in [0.4, 0.5) is 0 Å². The Bertz CT molecular complexity index is 1110. The Morgan fingerprint density at radius 2 is 1.83 bits per heavy atom. The quantitative estimate of drug-likeness (QED) is 0.623. The number of benzene rings is 1.